The Kier molecular flexibility index (Phi) is 4.40. The summed E-state index contributed by atoms with van der Waals surface area (Å²) in [5, 5.41) is 8.92. The lowest BCUT2D eigenvalue weighted by atomic mass is 9.75. The van der Waals surface area contributed by atoms with E-state index in [0.29, 0.717) is 11.1 Å². The molecular formula is C16H22N2O2S. The monoisotopic (exact) mass is 306 g/mol. The van der Waals surface area contributed by atoms with Crippen LogP contribution in [0.3, 0.4) is 0 Å². The first-order valence-corrected chi connectivity index (χ1v) is 8.75. The zero-order valence-electron chi connectivity index (χ0n) is 12.8. The highest BCUT2D eigenvalue weighted by Crippen LogP contribution is 2.35. The third-order valence-electron chi connectivity index (χ3n) is 4.16. The molecule has 1 aliphatic carbocycles. The largest absolute Gasteiger partial charge is 0.240 e. The van der Waals surface area contributed by atoms with Gasteiger partial charge >= 0.3 is 0 Å². The molecule has 0 saturated heterocycles. The zero-order valence-corrected chi connectivity index (χ0v) is 13.6. The van der Waals surface area contributed by atoms with E-state index in [1.807, 2.05) is 0 Å². The van der Waals surface area contributed by atoms with Gasteiger partial charge in [0.15, 0.2) is 0 Å². The molecule has 21 heavy (non-hydrogen) atoms. The number of nitriles is 1. The molecule has 0 aliphatic heterocycles. The van der Waals surface area contributed by atoms with Crippen LogP contribution in [-0.2, 0) is 10.0 Å². The Morgan fingerprint density at radius 2 is 2.10 bits per heavy atom. The molecule has 0 heterocycles. The van der Waals surface area contributed by atoms with Gasteiger partial charge in [0.05, 0.1) is 16.5 Å². The lowest BCUT2D eigenvalue weighted by molar-refractivity contribution is 0.212. The number of nitrogens with one attached hydrogen (secondary N) is 1. The number of benzene rings is 1. The van der Waals surface area contributed by atoms with E-state index >= 15 is 0 Å². The highest BCUT2D eigenvalue weighted by atomic mass is 32.2. The van der Waals surface area contributed by atoms with Crippen LogP contribution >= 0.6 is 0 Å². The van der Waals surface area contributed by atoms with Crippen LogP contribution in [0.4, 0.5) is 0 Å². The minimum atomic E-state index is -3.52. The van der Waals surface area contributed by atoms with Gasteiger partial charge in [-0.2, -0.15) is 5.26 Å². The molecular weight excluding hydrogens is 284 g/mol. The minimum absolute atomic E-state index is 0.00491. The minimum Gasteiger partial charge on any atom is -0.208 e. The Labute approximate surface area is 127 Å². The maximum absolute atomic E-state index is 12.5. The summed E-state index contributed by atoms with van der Waals surface area (Å²) in [6.45, 7) is 6.11. The van der Waals surface area contributed by atoms with E-state index in [4.69, 9.17) is 5.26 Å². The van der Waals surface area contributed by atoms with Crippen LogP contribution in [0.25, 0.3) is 0 Å². The molecule has 1 aromatic carbocycles. The van der Waals surface area contributed by atoms with Crippen molar-refractivity contribution in [3.63, 3.8) is 0 Å². The Morgan fingerprint density at radius 1 is 1.38 bits per heavy atom. The molecule has 1 fully saturated rings. The van der Waals surface area contributed by atoms with Gasteiger partial charge in [-0.25, -0.2) is 13.1 Å². The Hall–Kier alpha value is -1.38. The zero-order chi connectivity index (χ0) is 15.7. The van der Waals surface area contributed by atoms with E-state index in [1.165, 1.54) is 6.07 Å². The molecule has 1 atom stereocenters. The Balaban J connectivity index is 2.19. The highest BCUT2D eigenvalue weighted by molar-refractivity contribution is 7.89. The second-order valence-electron chi connectivity index (χ2n) is 6.67. The van der Waals surface area contributed by atoms with E-state index in [2.05, 4.69) is 24.6 Å². The third-order valence-corrected chi connectivity index (χ3v) is 5.67. The first kappa shape index (κ1) is 16.0. The number of nitrogens with zero attached hydrogens (tertiary/aromatic N) is 1. The third kappa shape index (κ3) is 3.84. The molecule has 1 aliphatic rings. The van der Waals surface area contributed by atoms with Crippen molar-refractivity contribution in [2.45, 2.75) is 57.4 Å². The van der Waals surface area contributed by atoms with Gasteiger partial charge in [0, 0.05) is 6.04 Å². The van der Waals surface area contributed by atoms with E-state index in [-0.39, 0.29) is 16.4 Å². The summed E-state index contributed by atoms with van der Waals surface area (Å²) in [6, 6.07) is 6.68. The van der Waals surface area contributed by atoms with Crippen LogP contribution in [0.5, 0.6) is 0 Å². The quantitative estimate of drug-likeness (QED) is 0.932. The van der Waals surface area contributed by atoms with Crippen molar-refractivity contribution >= 4 is 10.0 Å². The van der Waals surface area contributed by atoms with Gasteiger partial charge in [0.1, 0.15) is 0 Å². The van der Waals surface area contributed by atoms with Gasteiger partial charge in [0.25, 0.3) is 0 Å². The number of aryl methyl sites for hydroxylation is 1. The molecule has 4 nitrogen and oxygen atoms in total. The van der Waals surface area contributed by atoms with Crippen LogP contribution in [0.1, 0.15) is 50.7 Å². The fourth-order valence-corrected chi connectivity index (χ4v) is 4.37. The van der Waals surface area contributed by atoms with Crippen molar-refractivity contribution in [1.82, 2.24) is 4.72 Å². The first-order valence-electron chi connectivity index (χ1n) is 7.27. The van der Waals surface area contributed by atoms with Crippen molar-refractivity contribution in [1.29, 1.82) is 5.26 Å². The molecule has 1 saturated carbocycles. The van der Waals surface area contributed by atoms with Crippen LogP contribution in [0.15, 0.2) is 23.1 Å². The lowest BCUT2D eigenvalue weighted by Gasteiger charge is -2.35. The van der Waals surface area contributed by atoms with Crippen LogP contribution in [0.2, 0.25) is 0 Å². The predicted octanol–water partition coefficient (Wildman–Crippen LogP) is 3.11. The first-order chi connectivity index (χ1) is 9.73. The number of rotatable bonds is 3. The average Bonchev–Trinajstić information content (AvgIpc) is 2.36. The molecule has 2 rings (SSSR count). The number of sulfonamides is 1. The molecule has 0 amide bonds. The van der Waals surface area contributed by atoms with Gasteiger partial charge in [-0.05, 0) is 55.4 Å². The molecule has 1 N–H and O–H groups in total. The van der Waals surface area contributed by atoms with Gasteiger partial charge in [0.2, 0.25) is 10.0 Å². The lowest BCUT2D eigenvalue weighted by Crippen LogP contribution is -2.40. The highest BCUT2D eigenvalue weighted by Gasteiger charge is 2.30. The van der Waals surface area contributed by atoms with Crippen LogP contribution < -0.4 is 4.72 Å². The maximum atomic E-state index is 12.5. The molecule has 1 unspecified atom stereocenters. The van der Waals surface area contributed by atoms with Crippen molar-refractivity contribution in [3.8, 4) is 6.07 Å². The summed E-state index contributed by atoms with van der Waals surface area (Å²) in [6.07, 6.45) is 3.94. The molecule has 0 spiro atoms. The molecule has 1 aromatic rings. The molecule has 0 aromatic heterocycles. The second-order valence-corrected chi connectivity index (χ2v) is 8.38. The van der Waals surface area contributed by atoms with Gasteiger partial charge < -0.3 is 0 Å². The van der Waals surface area contributed by atoms with Crippen LogP contribution in [0, 0.1) is 23.7 Å². The van der Waals surface area contributed by atoms with Crippen molar-refractivity contribution < 1.29 is 8.42 Å². The van der Waals surface area contributed by atoms with Gasteiger partial charge in [-0.15, -0.1) is 0 Å². The van der Waals surface area contributed by atoms with E-state index in [0.717, 1.165) is 25.7 Å². The summed E-state index contributed by atoms with van der Waals surface area (Å²) < 4.78 is 27.8. The summed E-state index contributed by atoms with van der Waals surface area (Å²) in [5.74, 6) is 0. The fourth-order valence-electron chi connectivity index (χ4n) is 3.01. The normalized spacial score (nSPS) is 21.7. The average molecular weight is 306 g/mol. The van der Waals surface area contributed by atoms with Crippen LogP contribution in [-0.4, -0.2) is 14.5 Å². The van der Waals surface area contributed by atoms with Gasteiger partial charge in [-0.3, -0.25) is 0 Å². The standard InChI is InChI=1S/C16H22N2O2S/c1-12-9-15(7-6-13(12)11-17)21(19,20)18-14-5-4-8-16(2,3)10-14/h6-7,9,14,18H,4-5,8,10H2,1-3H3. The molecule has 0 bridgehead atoms. The van der Waals surface area contributed by atoms with Crippen molar-refractivity contribution in [3.05, 3.63) is 29.3 Å². The Bertz CT molecular complexity index is 672. The van der Waals surface area contributed by atoms with E-state index in [1.54, 1.807) is 19.1 Å². The Morgan fingerprint density at radius 3 is 2.67 bits per heavy atom. The van der Waals surface area contributed by atoms with E-state index in [9.17, 15) is 8.42 Å². The smallest absolute Gasteiger partial charge is 0.208 e. The molecule has 0 radical (unpaired) electrons. The fraction of sp³-hybridized carbons (Fsp3) is 0.562. The summed E-state index contributed by atoms with van der Waals surface area (Å²) >= 11 is 0. The molecule has 5 heteroatoms. The van der Waals surface area contributed by atoms with Crippen molar-refractivity contribution in [2.24, 2.45) is 5.41 Å². The van der Waals surface area contributed by atoms with Crippen molar-refractivity contribution in [2.75, 3.05) is 0 Å². The van der Waals surface area contributed by atoms with Gasteiger partial charge in [-0.1, -0.05) is 20.3 Å². The predicted molar refractivity (Wildman–Crippen MR) is 82.3 cm³/mol. The summed E-state index contributed by atoms with van der Waals surface area (Å²) in [7, 11) is -3.52. The summed E-state index contributed by atoms with van der Waals surface area (Å²) in [5.41, 5.74) is 1.38. The van der Waals surface area contributed by atoms with E-state index < -0.39 is 10.0 Å². The second kappa shape index (κ2) is 5.78. The number of hydrogen-bond acceptors (Lipinski definition) is 3. The summed E-state index contributed by atoms with van der Waals surface area (Å²) in [4.78, 5) is 0.238. The molecule has 114 valence electrons. The number of hydrogen-bond donors (Lipinski definition) is 1. The SMILES string of the molecule is Cc1cc(S(=O)(=O)NC2CCCC(C)(C)C2)ccc1C#N. The maximum Gasteiger partial charge on any atom is 0.240 e. The topological polar surface area (TPSA) is 70.0 Å².